The zero-order valence-electron chi connectivity index (χ0n) is 13.6. The van der Waals surface area contributed by atoms with Gasteiger partial charge in [-0.25, -0.2) is 13.1 Å². The van der Waals surface area contributed by atoms with Gasteiger partial charge in [0, 0.05) is 23.7 Å². The molecule has 3 rings (SSSR count). The van der Waals surface area contributed by atoms with E-state index in [0.29, 0.717) is 12.5 Å². The van der Waals surface area contributed by atoms with Crippen LogP contribution in [0.1, 0.15) is 50.2 Å². The molecule has 6 nitrogen and oxygen atoms in total. The first-order chi connectivity index (χ1) is 11.5. The molecule has 2 aliphatic rings. The van der Waals surface area contributed by atoms with Gasteiger partial charge in [0.25, 0.3) is 0 Å². The van der Waals surface area contributed by atoms with Crippen LogP contribution in [0.3, 0.4) is 0 Å². The summed E-state index contributed by atoms with van der Waals surface area (Å²) >= 11 is 3.34. The van der Waals surface area contributed by atoms with Crippen LogP contribution in [0.5, 0.6) is 0 Å². The van der Waals surface area contributed by atoms with Crippen LogP contribution in [-0.2, 0) is 14.9 Å². The zero-order valence-corrected chi connectivity index (χ0v) is 16.0. The van der Waals surface area contributed by atoms with E-state index in [1.54, 1.807) is 12.1 Å². The van der Waals surface area contributed by atoms with Gasteiger partial charge in [-0.1, -0.05) is 24.4 Å². The Balaban J connectivity index is 1.91. The Hall–Kier alpha value is -1.12. The fraction of sp³-hybridized carbons (Fsp3) is 0.562. The minimum absolute atomic E-state index is 0.237. The van der Waals surface area contributed by atoms with Crippen LogP contribution in [0.25, 0.3) is 0 Å². The van der Waals surface area contributed by atoms with E-state index in [0.717, 1.165) is 28.7 Å². The SMILES string of the molecule is CNS(=O)(=O)c1ccc(NC2CCCCC2)c([C@@H]2CC(Br)=NO2)c1. The number of hydrogen-bond acceptors (Lipinski definition) is 5. The summed E-state index contributed by atoms with van der Waals surface area (Å²) < 4.78 is 27.3. The van der Waals surface area contributed by atoms with Crippen molar-refractivity contribution < 1.29 is 13.3 Å². The van der Waals surface area contributed by atoms with Gasteiger partial charge in [0.05, 0.1) is 4.90 Å². The minimum atomic E-state index is -3.50. The average Bonchev–Trinajstić information content (AvgIpc) is 3.02. The molecule has 2 N–H and O–H groups in total. The van der Waals surface area contributed by atoms with E-state index in [9.17, 15) is 8.42 Å². The van der Waals surface area contributed by atoms with Gasteiger partial charge in [-0.05, 0) is 54.0 Å². The number of hydrogen-bond donors (Lipinski definition) is 2. The van der Waals surface area contributed by atoms with Crippen molar-refractivity contribution in [3.8, 4) is 0 Å². The lowest BCUT2D eigenvalue weighted by Crippen LogP contribution is -2.24. The van der Waals surface area contributed by atoms with Gasteiger partial charge < -0.3 is 10.2 Å². The maximum Gasteiger partial charge on any atom is 0.240 e. The molecule has 0 spiro atoms. The molecule has 0 aromatic heterocycles. The highest BCUT2D eigenvalue weighted by molar-refractivity contribution is 9.18. The van der Waals surface area contributed by atoms with E-state index >= 15 is 0 Å². The first kappa shape index (κ1) is 17.7. The molecule has 0 unspecified atom stereocenters. The number of oxime groups is 1. The van der Waals surface area contributed by atoms with Crippen molar-refractivity contribution >= 4 is 36.3 Å². The van der Waals surface area contributed by atoms with Crippen molar-refractivity contribution in [3.05, 3.63) is 23.8 Å². The fourth-order valence-electron chi connectivity index (χ4n) is 3.21. The van der Waals surface area contributed by atoms with Crippen LogP contribution in [0.15, 0.2) is 28.3 Å². The zero-order chi connectivity index (χ0) is 17.2. The third-order valence-corrected chi connectivity index (χ3v) is 6.43. The molecule has 0 bridgehead atoms. The number of halogens is 1. The molecule has 1 aromatic carbocycles. The topological polar surface area (TPSA) is 79.8 Å². The predicted octanol–water partition coefficient (Wildman–Crippen LogP) is 3.51. The Morgan fingerprint density at radius 2 is 2.00 bits per heavy atom. The summed E-state index contributed by atoms with van der Waals surface area (Å²) in [5.74, 6) is 0. The second-order valence-corrected chi connectivity index (χ2v) is 9.00. The molecular formula is C16H22BrN3O3S. The Kier molecular flexibility index (Phi) is 5.46. The normalized spacial score (nSPS) is 22.1. The third kappa shape index (κ3) is 3.92. The van der Waals surface area contributed by atoms with Crippen LogP contribution >= 0.6 is 15.9 Å². The predicted molar refractivity (Wildman–Crippen MR) is 98.0 cm³/mol. The molecule has 8 heteroatoms. The van der Waals surface area contributed by atoms with E-state index in [-0.39, 0.29) is 11.0 Å². The molecule has 1 fully saturated rings. The lowest BCUT2D eigenvalue weighted by atomic mass is 9.94. The van der Waals surface area contributed by atoms with E-state index < -0.39 is 10.0 Å². The molecule has 1 aliphatic heterocycles. The van der Waals surface area contributed by atoms with E-state index in [4.69, 9.17) is 4.84 Å². The minimum Gasteiger partial charge on any atom is -0.386 e. The summed E-state index contributed by atoms with van der Waals surface area (Å²) in [4.78, 5) is 5.71. The Labute approximate surface area is 151 Å². The van der Waals surface area contributed by atoms with Gasteiger partial charge >= 0.3 is 0 Å². The van der Waals surface area contributed by atoms with Crippen molar-refractivity contribution in [2.24, 2.45) is 5.16 Å². The standard InChI is InChI=1S/C16H22BrN3O3S/c1-18-24(21,22)12-7-8-14(19-11-5-3-2-4-6-11)13(9-12)15-10-16(17)20-23-15/h7-9,11,15,18-19H,2-6,10H2,1H3/t15-/m0/s1. The number of rotatable bonds is 5. The fourth-order valence-corrected chi connectivity index (χ4v) is 4.35. The van der Waals surface area contributed by atoms with Gasteiger partial charge in [0.1, 0.15) is 4.62 Å². The van der Waals surface area contributed by atoms with E-state index in [1.807, 2.05) is 6.07 Å². The van der Waals surface area contributed by atoms with Crippen LogP contribution in [0.4, 0.5) is 5.69 Å². The van der Waals surface area contributed by atoms with Crippen molar-refractivity contribution in [2.45, 2.75) is 55.6 Å². The maximum atomic E-state index is 12.1. The summed E-state index contributed by atoms with van der Waals surface area (Å²) in [7, 11) is -2.08. The van der Waals surface area contributed by atoms with Gasteiger partial charge in [-0.3, -0.25) is 0 Å². The van der Waals surface area contributed by atoms with Crippen molar-refractivity contribution in [1.29, 1.82) is 0 Å². The second-order valence-electron chi connectivity index (χ2n) is 6.20. The number of benzene rings is 1. The molecule has 0 amide bonds. The van der Waals surface area contributed by atoms with Crippen LogP contribution in [0.2, 0.25) is 0 Å². The molecule has 1 saturated carbocycles. The molecule has 0 radical (unpaired) electrons. The largest absolute Gasteiger partial charge is 0.386 e. The Bertz CT molecular complexity index is 730. The van der Waals surface area contributed by atoms with Crippen molar-refractivity contribution in [3.63, 3.8) is 0 Å². The van der Waals surface area contributed by atoms with Crippen LogP contribution < -0.4 is 10.0 Å². The molecule has 24 heavy (non-hydrogen) atoms. The molecule has 132 valence electrons. The van der Waals surface area contributed by atoms with Gasteiger partial charge in [-0.2, -0.15) is 0 Å². The lowest BCUT2D eigenvalue weighted by Gasteiger charge is -2.26. The van der Waals surface area contributed by atoms with Gasteiger partial charge in [0.2, 0.25) is 10.0 Å². The first-order valence-electron chi connectivity index (χ1n) is 8.22. The maximum absolute atomic E-state index is 12.1. The highest BCUT2D eigenvalue weighted by Gasteiger charge is 2.27. The number of nitrogens with one attached hydrogen (secondary N) is 2. The van der Waals surface area contributed by atoms with E-state index in [1.165, 1.54) is 26.3 Å². The molecule has 1 atom stereocenters. The van der Waals surface area contributed by atoms with Crippen molar-refractivity contribution in [1.82, 2.24) is 4.72 Å². The smallest absolute Gasteiger partial charge is 0.240 e. The van der Waals surface area contributed by atoms with Crippen molar-refractivity contribution in [2.75, 3.05) is 12.4 Å². The monoisotopic (exact) mass is 415 g/mol. The molecular weight excluding hydrogens is 394 g/mol. The number of sulfonamides is 1. The van der Waals surface area contributed by atoms with E-state index in [2.05, 4.69) is 31.1 Å². The molecule has 1 aliphatic carbocycles. The summed E-state index contributed by atoms with van der Waals surface area (Å²) in [5, 5.41) is 7.51. The quantitative estimate of drug-likeness (QED) is 0.770. The van der Waals surface area contributed by atoms with Gasteiger partial charge in [-0.15, -0.1) is 0 Å². The Morgan fingerprint density at radius 3 is 2.62 bits per heavy atom. The number of anilines is 1. The second kappa shape index (κ2) is 7.41. The van der Waals surface area contributed by atoms with Crippen LogP contribution in [-0.4, -0.2) is 26.1 Å². The number of nitrogens with zero attached hydrogens (tertiary/aromatic N) is 1. The summed E-state index contributed by atoms with van der Waals surface area (Å²) in [6, 6.07) is 5.58. The molecule has 1 aromatic rings. The molecule has 1 heterocycles. The summed E-state index contributed by atoms with van der Waals surface area (Å²) in [6.07, 6.45) is 6.35. The third-order valence-electron chi connectivity index (χ3n) is 4.55. The summed E-state index contributed by atoms with van der Waals surface area (Å²) in [5.41, 5.74) is 1.76. The highest BCUT2D eigenvalue weighted by Crippen LogP contribution is 2.36. The van der Waals surface area contributed by atoms with Crippen LogP contribution in [0, 0.1) is 0 Å². The van der Waals surface area contributed by atoms with Gasteiger partial charge in [0.15, 0.2) is 6.10 Å². The lowest BCUT2D eigenvalue weighted by molar-refractivity contribution is 0.0860. The first-order valence-corrected chi connectivity index (χ1v) is 10.5. The highest BCUT2D eigenvalue weighted by atomic mass is 79.9. The summed E-state index contributed by atoms with van der Waals surface area (Å²) in [6.45, 7) is 0. The molecule has 0 saturated heterocycles. The Morgan fingerprint density at radius 1 is 1.25 bits per heavy atom. The average molecular weight is 416 g/mol.